The molecular formula is C18H22ClN7. The van der Waals surface area contributed by atoms with Crippen molar-refractivity contribution in [3.8, 4) is 11.3 Å². The Kier molecular flexibility index (Phi) is 5.70. The van der Waals surface area contributed by atoms with Crippen molar-refractivity contribution in [2.45, 2.75) is 0 Å². The Morgan fingerprint density at radius 1 is 1.08 bits per heavy atom. The summed E-state index contributed by atoms with van der Waals surface area (Å²) in [6.07, 6.45) is 5.40. The first-order valence-electron chi connectivity index (χ1n) is 8.43. The lowest BCUT2D eigenvalue weighted by Gasteiger charge is -2.29. The Hall–Kier alpha value is -2.64. The minimum atomic E-state index is 0. The average Bonchev–Trinajstić information content (AvgIpc) is 3.07. The van der Waals surface area contributed by atoms with Crippen molar-refractivity contribution < 1.29 is 0 Å². The standard InChI is InChI=1S/C18H21N7.ClH/c1-24-13-15(12-21-24)22-18-20-7-6-17(23-18)14-2-4-16(5-3-14)25-10-8-19-9-11-25;/h2-7,12-13,19H,8-11H2,1H3,(H,20,22,23);1H. The van der Waals surface area contributed by atoms with Crippen molar-refractivity contribution in [3.05, 3.63) is 48.9 Å². The van der Waals surface area contributed by atoms with Crippen LogP contribution in [-0.4, -0.2) is 45.9 Å². The molecule has 1 fully saturated rings. The second-order valence-electron chi connectivity index (χ2n) is 6.08. The van der Waals surface area contributed by atoms with Crippen molar-refractivity contribution in [1.29, 1.82) is 0 Å². The summed E-state index contributed by atoms with van der Waals surface area (Å²) in [6.45, 7) is 4.17. The molecule has 4 rings (SSSR count). The number of nitrogens with one attached hydrogen (secondary N) is 2. The average molecular weight is 372 g/mol. The number of aromatic nitrogens is 4. The molecule has 1 aliphatic rings. The van der Waals surface area contributed by atoms with Crippen LogP contribution in [-0.2, 0) is 7.05 Å². The van der Waals surface area contributed by atoms with Gasteiger partial charge in [-0.3, -0.25) is 4.68 Å². The molecule has 0 spiro atoms. The maximum Gasteiger partial charge on any atom is 0.227 e. The molecular weight excluding hydrogens is 350 g/mol. The van der Waals surface area contributed by atoms with Gasteiger partial charge in [0.1, 0.15) is 0 Å². The molecule has 0 unspecified atom stereocenters. The first-order chi connectivity index (χ1) is 12.3. The molecule has 3 aromatic rings. The predicted molar refractivity (Wildman–Crippen MR) is 106 cm³/mol. The van der Waals surface area contributed by atoms with E-state index in [0.29, 0.717) is 5.95 Å². The van der Waals surface area contributed by atoms with E-state index in [0.717, 1.165) is 43.1 Å². The van der Waals surface area contributed by atoms with E-state index < -0.39 is 0 Å². The van der Waals surface area contributed by atoms with Gasteiger partial charge in [0.2, 0.25) is 5.95 Å². The number of aryl methyl sites for hydroxylation is 1. The van der Waals surface area contributed by atoms with Crippen LogP contribution in [0.15, 0.2) is 48.9 Å². The van der Waals surface area contributed by atoms with Crippen LogP contribution in [0, 0.1) is 0 Å². The first-order valence-corrected chi connectivity index (χ1v) is 8.43. The summed E-state index contributed by atoms with van der Waals surface area (Å²) < 4.78 is 1.74. The highest BCUT2D eigenvalue weighted by Gasteiger charge is 2.10. The summed E-state index contributed by atoms with van der Waals surface area (Å²) in [7, 11) is 1.88. The number of piperazine rings is 1. The molecule has 8 heteroatoms. The number of nitrogens with zero attached hydrogens (tertiary/aromatic N) is 5. The monoisotopic (exact) mass is 371 g/mol. The topological polar surface area (TPSA) is 70.9 Å². The molecule has 0 saturated carbocycles. The van der Waals surface area contributed by atoms with Crippen LogP contribution >= 0.6 is 12.4 Å². The van der Waals surface area contributed by atoms with Gasteiger partial charge in [-0.2, -0.15) is 5.10 Å². The van der Waals surface area contributed by atoms with E-state index in [4.69, 9.17) is 0 Å². The lowest BCUT2D eigenvalue weighted by Crippen LogP contribution is -2.43. The van der Waals surface area contributed by atoms with Gasteiger partial charge in [0.25, 0.3) is 0 Å². The summed E-state index contributed by atoms with van der Waals surface area (Å²) in [4.78, 5) is 11.3. The van der Waals surface area contributed by atoms with E-state index in [1.165, 1.54) is 5.69 Å². The van der Waals surface area contributed by atoms with E-state index >= 15 is 0 Å². The normalized spacial score (nSPS) is 14.0. The predicted octanol–water partition coefficient (Wildman–Crippen LogP) is 2.45. The van der Waals surface area contributed by atoms with Crippen molar-refractivity contribution >= 4 is 29.7 Å². The van der Waals surface area contributed by atoms with Crippen molar-refractivity contribution in [3.63, 3.8) is 0 Å². The molecule has 0 aliphatic carbocycles. The maximum absolute atomic E-state index is 4.61. The van der Waals surface area contributed by atoms with Gasteiger partial charge >= 0.3 is 0 Å². The summed E-state index contributed by atoms with van der Waals surface area (Å²) in [5, 5.41) is 10.7. The van der Waals surface area contributed by atoms with Crippen molar-refractivity contribution in [2.75, 3.05) is 36.4 Å². The number of benzene rings is 1. The molecule has 2 aromatic heterocycles. The minimum absolute atomic E-state index is 0. The highest BCUT2D eigenvalue weighted by atomic mass is 35.5. The van der Waals surface area contributed by atoms with Gasteiger partial charge in [-0.25, -0.2) is 9.97 Å². The highest BCUT2D eigenvalue weighted by Crippen LogP contribution is 2.23. The Labute approximate surface area is 158 Å². The molecule has 2 N–H and O–H groups in total. The molecule has 26 heavy (non-hydrogen) atoms. The van der Waals surface area contributed by atoms with Crippen LogP contribution in [0.1, 0.15) is 0 Å². The number of anilines is 3. The summed E-state index contributed by atoms with van der Waals surface area (Å²) >= 11 is 0. The van der Waals surface area contributed by atoms with Crippen molar-refractivity contribution in [2.24, 2.45) is 7.05 Å². The fourth-order valence-corrected chi connectivity index (χ4v) is 2.96. The molecule has 7 nitrogen and oxygen atoms in total. The molecule has 1 aromatic carbocycles. The van der Waals surface area contributed by atoms with E-state index in [9.17, 15) is 0 Å². The lowest BCUT2D eigenvalue weighted by molar-refractivity contribution is 0.589. The number of halogens is 1. The smallest absolute Gasteiger partial charge is 0.227 e. The van der Waals surface area contributed by atoms with Gasteiger partial charge in [0.05, 0.1) is 17.6 Å². The second-order valence-corrected chi connectivity index (χ2v) is 6.08. The largest absolute Gasteiger partial charge is 0.369 e. The van der Waals surface area contributed by atoms with Gasteiger partial charge in [-0.15, -0.1) is 12.4 Å². The molecule has 0 radical (unpaired) electrons. The Bertz CT molecular complexity index is 841. The molecule has 1 saturated heterocycles. The van der Waals surface area contributed by atoms with E-state index in [1.54, 1.807) is 17.1 Å². The van der Waals surface area contributed by atoms with Crippen LogP contribution in [0.5, 0.6) is 0 Å². The second kappa shape index (κ2) is 8.16. The fourth-order valence-electron chi connectivity index (χ4n) is 2.96. The molecule has 136 valence electrons. The van der Waals surface area contributed by atoms with Gasteiger partial charge in [-0.05, 0) is 18.2 Å². The summed E-state index contributed by atoms with van der Waals surface area (Å²) in [6, 6.07) is 10.5. The number of hydrogen-bond acceptors (Lipinski definition) is 6. The fraction of sp³-hybridized carbons (Fsp3) is 0.278. The summed E-state index contributed by atoms with van der Waals surface area (Å²) in [5.41, 5.74) is 4.10. The number of rotatable bonds is 4. The van der Waals surface area contributed by atoms with Crippen LogP contribution < -0.4 is 15.5 Å². The van der Waals surface area contributed by atoms with Crippen LogP contribution in [0.4, 0.5) is 17.3 Å². The Morgan fingerprint density at radius 3 is 2.54 bits per heavy atom. The van der Waals surface area contributed by atoms with Crippen LogP contribution in [0.2, 0.25) is 0 Å². The lowest BCUT2D eigenvalue weighted by atomic mass is 10.1. The zero-order chi connectivity index (χ0) is 17.1. The molecule has 0 amide bonds. The van der Waals surface area contributed by atoms with Crippen LogP contribution in [0.3, 0.4) is 0 Å². The van der Waals surface area contributed by atoms with Gasteiger partial charge < -0.3 is 15.5 Å². The van der Waals surface area contributed by atoms with Crippen LogP contribution in [0.25, 0.3) is 11.3 Å². The Balaban J connectivity index is 0.00000196. The minimum Gasteiger partial charge on any atom is -0.369 e. The summed E-state index contributed by atoms with van der Waals surface area (Å²) in [5.74, 6) is 0.566. The first kappa shape index (κ1) is 18.2. The third-order valence-electron chi connectivity index (χ3n) is 4.26. The SMILES string of the molecule is Cl.Cn1cc(Nc2nccc(-c3ccc(N4CCNCC4)cc3)n2)cn1. The third kappa shape index (κ3) is 4.12. The third-order valence-corrected chi connectivity index (χ3v) is 4.26. The highest BCUT2D eigenvalue weighted by molar-refractivity contribution is 5.85. The van der Waals surface area contributed by atoms with E-state index in [2.05, 4.69) is 54.9 Å². The molecule has 1 aliphatic heterocycles. The van der Waals surface area contributed by atoms with Gasteiger partial charge in [0.15, 0.2) is 0 Å². The molecule has 3 heterocycles. The molecule has 0 bridgehead atoms. The van der Waals surface area contributed by atoms with Gasteiger partial charge in [-0.1, -0.05) is 12.1 Å². The zero-order valence-electron chi connectivity index (χ0n) is 14.6. The van der Waals surface area contributed by atoms with Gasteiger partial charge in [0, 0.05) is 56.9 Å². The molecule has 0 atom stereocenters. The zero-order valence-corrected chi connectivity index (χ0v) is 15.4. The van der Waals surface area contributed by atoms with Crippen molar-refractivity contribution in [1.82, 2.24) is 25.1 Å². The number of hydrogen-bond donors (Lipinski definition) is 2. The Morgan fingerprint density at radius 2 is 1.85 bits per heavy atom. The van der Waals surface area contributed by atoms with E-state index in [-0.39, 0.29) is 12.4 Å². The quantitative estimate of drug-likeness (QED) is 0.734. The maximum atomic E-state index is 4.61. The van der Waals surface area contributed by atoms with E-state index in [1.807, 2.05) is 19.3 Å².